The van der Waals surface area contributed by atoms with Gasteiger partial charge >= 0.3 is 0 Å². The van der Waals surface area contributed by atoms with E-state index >= 15 is 0 Å². The number of fused-ring (bicyclic) bond motifs is 1. The van der Waals surface area contributed by atoms with Gasteiger partial charge in [0.2, 0.25) is 0 Å². The van der Waals surface area contributed by atoms with Gasteiger partial charge in [-0.25, -0.2) is 0 Å². The Balaban J connectivity index is 0.00000193. The molecule has 3 heteroatoms. The first-order valence-electron chi connectivity index (χ1n) is 10.2. The summed E-state index contributed by atoms with van der Waals surface area (Å²) >= 11 is 0. The first kappa shape index (κ1) is 18.9. The lowest BCUT2D eigenvalue weighted by atomic mass is 9.53. The molecule has 3 aromatic carbocycles. The van der Waals surface area contributed by atoms with Gasteiger partial charge in [0.05, 0.1) is 5.92 Å². The fraction of sp³-hybridized carbons (Fsp3) is 0.148. The standard InChI is InChI=1S/C27H21NO.ClH/c29-24-16-9-14-21-23-18-27(19-10-3-1-4-11-19,20-12-5-2-6-13-20)26(25(21)24)22-15-7-8-17-28(22)23;/h1-17,23,26H,18H2;1H/t23-,26-;/m1./s1. The molecule has 3 aliphatic rings. The van der Waals surface area contributed by atoms with Crippen LogP contribution < -0.4 is 17.0 Å². The van der Waals surface area contributed by atoms with E-state index < -0.39 is 0 Å². The quantitative estimate of drug-likeness (QED) is 0.502. The summed E-state index contributed by atoms with van der Waals surface area (Å²) in [6, 6.07) is 34.4. The van der Waals surface area contributed by atoms with Crippen LogP contribution in [0.1, 0.15) is 46.3 Å². The Bertz CT molecular complexity index is 1170. The number of hydrogen-bond acceptors (Lipinski definition) is 1. The van der Waals surface area contributed by atoms with Crippen molar-refractivity contribution in [2.75, 3.05) is 0 Å². The third-order valence-corrected chi connectivity index (χ3v) is 6.90. The van der Waals surface area contributed by atoms with Crippen LogP contribution in [0, 0.1) is 0 Å². The molecule has 3 heterocycles. The van der Waals surface area contributed by atoms with Gasteiger partial charge in [-0.1, -0.05) is 78.9 Å². The summed E-state index contributed by atoms with van der Waals surface area (Å²) in [6.07, 6.45) is 3.17. The lowest BCUT2D eigenvalue weighted by Gasteiger charge is -2.50. The van der Waals surface area contributed by atoms with Gasteiger partial charge in [0.25, 0.3) is 0 Å². The van der Waals surface area contributed by atoms with Crippen molar-refractivity contribution < 1.29 is 22.1 Å². The fourth-order valence-corrected chi connectivity index (χ4v) is 5.81. The summed E-state index contributed by atoms with van der Waals surface area (Å²) in [5.41, 5.74) is 6.00. The summed E-state index contributed by atoms with van der Waals surface area (Å²) in [6.45, 7) is 0. The number of hydrogen-bond donors (Lipinski definition) is 1. The molecule has 2 nitrogen and oxygen atoms in total. The normalized spacial score (nSPS) is 20.0. The minimum atomic E-state index is -0.222. The van der Waals surface area contributed by atoms with E-state index in [0.717, 1.165) is 12.0 Å². The van der Waals surface area contributed by atoms with Crippen molar-refractivity contribution in [3.63, 3.8) is 0 Å². The molecule has 2 atom stereocenters. The molecular formula is C27H22ClNO. The minimum absolute atomic E-state index is 0. The maximum atomic E-state index is 11.0. The predicted molar refractivity (Wildman–Crippen MR) is 113 cm³/mol. The van der Waals surface area contributed by atoms with Crippen molar-refractivity contribution in [3.8, 4) is 5.75 Å². The van der Waals surface area contributed by atoms with E-state index in [1.807, 2.05) is 12.1 Å². The smallest absolute Gasteiger partial charge is 0.190 e. The molecule has 4 aromatic rings. The zero-order valence-electron chi connectivity index (χ0n) is 16.4. The van der Waals surface area contributed by atoms with E-state index in [4.69, 9.17) is 0 Å². The van der Waals surface area contributed by atoms with Crippen LogP contribution in [0.25, 0.3) is 0 Å². The van der Waals surface area contributed by atoms with Gasteiger partial charge in [0, 0.05) is 35.1 Å². The first-order chi connectivity index (χ1) is 14.3. The predicted octanol–water partition coefficient (Wildman–Crippen LogP) is 2.11. The highest BCUT2D eigenvalue weighted by Gasteiger charge is 2.60. The minimum Gasteiger partial charge on any atom is -1.00 e. The van der Waals surface area contributed by atoms with Crippen LogP contribution in [0.3, 0.4) is 0 Å². The number of aromatic hydroxyl groups is 1. The van der Waals surface area contributed by atoms with Gasteiger partial charge < -0.3 is 17.5 Å². The maximum Gasteiger partial charge on any atom is 0.190 e. The van der Waals surface area contributed by atoms with E-state index in [2.05, 4.69) is 95.7 Å². The van der Waals surface area contributed by atoms with Crippen LogP contribution in [0.15, 0.2) is 103 Å². The van der Waals surface area contributed by atoms with Crippen molar-refractivity contribution in [1.82, 2.24) is 0 Å². The van der Waals surface area contributed by atoms with Crippen LogP contribution in [0.4, 0.5) is 0 Å². The second-order valence-corrected chi connectivity index (χ2v) is 8.17. The lowest BCUT2D eigenvalue weighted by Crippen LogP contribution is -3.00. The topological polar surface area (TPSA) is 24.1 Å². The molecule has 1 aromatic heterocycles. The van der Waals surface area contributed by atoms with E-state index in [1.54, 1.807) is 0 Å². The zero-order chi connectivity index (χ0) is 19.4. The molecule has 30 heavy (non-hydrogen) atoms. The van der Waals surface area contributed by atoms with E-state index in [0.29, 0.717) is 5.75 Å². The highest BCUT2D eigenvalue weighted by Crippen LogP contribution is 2.60. The van der Waals surface area contributed by atoms with Crippen LogP contribution in [-0.4, -0.2) is 5.11 Å². The van der Waals surface area contributed by atoms with E-state index in [1.165, 1.54) is 22.4 Å². The van der Waals surface area contributed by atoms with Crippen molar-refractivity contribution in [3.05, 3.63) is 131 Å². The summed E-state index contributed by atoms with van der Waals surface area (Å²) in [7, 11) is 0. The lowest BCUT2D eigenvalue weighted by molar-refractivity contribution is -0.732. The number of nitrogens with zero attached hydrogens (tertiary/aromatic N) is 1. The molecule has 7 rings (SSSR count). The SMILES string of the molecule is Oc1cccc2c1[C@H]1c3cccc[n+]3[C@@H]2CC1(c1ccccc1)c1ccccc1.[Cl-]. The zero-order valence-corrected chi connectivity index (χ0v) is 17.2. The molecule has 0 amide bonds. The van der Waals surface area contributed by atoms with E-state index in [-0.39, 0.29) is 29.8 Å². The second kappa shape index (κ2) is 7.00. The summed E-state index contributed by atoms with van der Waals surface area (Å²) < 4.78 is 2.41. The molecule has 2 aliphatic heterocycles. The Labute approximate surface area is 182 Å². The number of halogens is 1. The molecule has 0 saturated carbocycles. The van der Waals surface area contributed by atoms with Gasteiger partial charge in [0.15, 0.2) is 17.9 Å². The van der Waals surface area contributed by atoms with Crippen molar-refractivity contribution in [2.24, 2.45) is 0 Å². The molecule has 2 bridgehead atoms. The largest absolute Gasteiger partial charge is 1.00 e. The van der Waals surface area contributed by atoms with Gasteiger partial charge in [-0.15, -0.1) is 0 Å². The molecule has 1 N–H and O–H groups in total. The van der Waals surface area contributed by atoms with Crippen molar-refractivity contribution in [2.45, 2.75) is 23.8 Å². The molecule has 0 unspecified atom stereocenters. The molecule has 0 spiro atoms. The maximum absolute atomic E-state index is 11.0. The molecule has 1 aliphatic carbocycles. The van der Waals surface area contributed by atoms with Gasteiger partial charge in [-0.3, -0.25) is 0 Å². The first-order valence-corrected chi connectivity index (χ1v) is 10.2. The van der Waals surface area contributed by atoms with Crippen LogP contribution >= 0.6 is 0 Å². The Morgan fingerprint density at radius 3 is 2.03 bits per heavy atom. The summed E-state index contributed by atoms with van der Waals surface area (Å²) in [5.74, 6) is 0.457. The summed E-state index contributed by atoms with van der Waals surface area (Å²) in [4.78, 5) is 0. The molecular weight excluding hydrogens is 390 g/mol. The third-order valence-electron chi connectivity index (χ3n) is 6.90. The van der Waals surface area contributed by atoms with Crippen LogP contribution in [-0.2, 0) is 5.41 Å². The highest BCUT2D eigenvalue weighted by molar-refractivity contribution is 5.58. The Morgan fingerprint density at radius 2 is 1.37 bits per heavy atom. The number of aromatic nitrogens is 1. The van der Waals surface area contributed by atoms with Gasteiger partial charge in [-0.2, -0.15) is 4.57 Å². The monoisotopic (exact) mass is 411 g/mol. The number of pyridine rings is 1. The van der Waals surface area contributed by atoms with Crippen LogP contribution in [0.5, 0.6) is 5.75 Å². The fourth-order valence-electron chi connectivity index (χ4n) is 5.81. The molecule has 0 fully saturated rings. The highest BCUT2D eigenvalue weighted by atomic mass is 35.5. The molecule has 0 saturated heterocycles. The second-order valence-electron chi connectivity index (χ2n) is 8.17. The van der Waals surface area contributed by atoms with Crippen molar-refractivity contribution in [1.29, 1.82) is 0 Å². The average molecular weight is 412 g/mol. The van der Waals surface area contributed by atoms with Gasteiger partial charge in [0.1, 0.15) is 5.75 Å². The third kappa shape index (κ3) is 2.41. The summed E-state index contributed by atoms with van der Waals surface area (Å²) in [5, 5.41) is 11.0. The Hall–Kier alpha value is -3.10. The van der Waals surface area contributed by atoms with Gasteiger partial charge in [-0.05, 0) is 17.2 Å². The van der Waals surface area contributed by atoms with E-state index in [9.17, 15) is 5.11 Å². The number of benzene rings is 3. The molecule has 0 radical (unpaired) electrons. The average Bonchev–Trinajstić information content (AvgIpc) is 2.80. The Morgan fingerprint density at radius 1 is 0.733 bits per heavy atom. The number of phenols is 1. The van der Waals surface area contributed by atoms with Crippen LogP contribution in [0.2, 0.25) is 0 Å². The van der Waals surface area contributed by atoms with Crippen molar-refractivity contribution >= 4 is 0 Å². The number of rotatable bonds is 2. The molecule has 148 valence electrons. The number of phenolic OH excluding ortho intramolecular Hbond substituents is 1. The Kier molecular flexibility index (Phi) is 4.41.